The third kappa shape index (κ3) is 2.54. The first-order valence-corrected chi connectivity index (χ1v) is 6.48. The van der Waals surface area contributed by atoms with Crippen LogP contribution in [0.3, 0.4) is 0 Å². The first kappa shape index (κ1) is 13.1. The highest BCUT2D eigenvalue weighted by atomic mass is 16.5. The van der Waals surface area contributed by atoms with Crippen molar-refractivity contribution in [3.63, 3.8) is 0 Å². The van der Waals surface area contributed by atoms with Crippen LogP contribution < -0.4 is 9.47 Å². The number of nitrogens with one attached hydrogen (secondary N) is 1. The fourth-order valence-electron chi connectivity index (χ4n) is 2.12. The largest absolute Gasteiger partial charge is 0.493 e. The van der Waals surface area contributed by atoms with E-state index in [1.807, 2.05) is 36.5 Å². The number of fused-ring (bicyclic) bond motifs is 1. The van der Waals surface area contributed by atoms with E-state index in [0.717, 1.165) is 22.2 Å². The summed E-state index contributed by atoms with van der Waals surface area (Å²) in [6.45, 7) is 0. The quantitative estimate of drug-likeness (QED) is 0.733. The second-order valence-corrected chi connectivity index (χ2v) is 4.42. The zero-order valence-electron chi connectivity index (χ0n) is 11.8. The van der Waals surface area contributed by atoms with Crippen molar-refractivity contribution in [2.45, 2.75) is 0 Å². The average molecular weight is 278 g/mol. The molecule has 2 heterocycles. The van der Waals surface area contributed by atoms with Gasteiger partial charge in [-0.3, -0.25) is 0 Å². The molecule has 0 saturated carbocycles. The Balaban J connectivity index is 1.99. The first-order chi connectivity index (χ1) is 10.3. The minimum atomic E-state index is 0.672. The number of H-pyrrole nitrogens is 1. The van der Waals surface area contributed by atoms with Crippen molar-refractivity contribution < 1.29 is 9.47 Å². The van der Waals surface area contributed by atoms with Crippen molar-refractivity contribution in [2.24, 2.45) is 0 Å². The SMILES string of the molecule is COc1ccc(C#Cc2ccnc3[nH]ccc23)cc1OC. The number of rotatable bonds is 2. The maximum absolute atomic E-state index is 5.28. The van der Waals surface area contributed by atoms with Gasteiger partial charge in [-0.05, 0) is 30.3 Å². The molecule has 2 aromatic heterocycles. The number of aromatic nitrogens is 2. The molecule has 4 heteroatoms. The van der Waals surface area contributed by atoms with Gasteiger partial charge in [0.1, 0.15) is 5.65 Å². The molecule has 0 atom stereocenters. The number of hydrogen-bond acceptors (Lipinski definition) is 3. The Bertz CT molecular complexity index is 841. The molecule has 3 rings (SSSR count). The van der Waals surface area contributed by atoms with Crippen molar-refractivity contribution in [3.05, 3.63) is 53.9 Å². The second-order valence-electron chi connectivity index (χ2n) is 4.42. The lowest BCUT2D eigenvalue weighted by Gasteiger charge is -2.06. The standard InChI is InChI=1S/C17H14N2O2/c1-20-15-6-4-12(11-16(15)21-2)3-5-13-7-9-18-17-14(13)8-10-19-17/h4,6-11H,1-2H3,(H,18,19). The minimum Gasteiger partial charge on any atom is -0.493 e. The number of pyridine rings is 1. The van der Waals surface area contributed by atoms with E-state index in [0.29, 0.717) is 11.5 Å². The molecule has 0 aliphatic carbocycles. The predicted molar refractivity (Wildman–Crippen MR) is 81.6 cm³/mol. The van der Waals surface area contributed by atoms with Crippen LogP contribution in [0.4, 0.5) is 0 Å². The van der Waals surface area contributed by atoms with Crippen LogP contribution in [-0.2, 0) is 0 Å². The monoisotopic (exact) mass is 278 g/mol. The number of ether oxygens (including phenoxy) is 2. The predicted octanol–water partition coefficient (Wildman–Crippen LogP) is 2.98. The highest BCUT2D eigenvalue weighted by Crippen LogP contribution is 2.27. The fourth-order valence-corrected chi connectivity index (χ4v) is 2.12. The number of benzene rings is 1. The molecule has 3 aromatic rings. The lowest BCUT2D eigenvalue weighted by atomic mass is 10.1. The van der Waals surface area contributed by atoms with E-state index < -0.39 is 0 Å². The summed E-state index contributed by atoms with van der Waals surface area (Å²) >= 11 is 0. The van der Waals surface area contributed by atoms with Gasteiger partial charge >= 0.3 is 0 Å². The van der Waals surface area contributed by atoms with Crippen LogP contribution in [-0.4, -0.2) is 24.2 Å². The summed E-state index contributed by atoms with van der Waals surface area (Å²) in [5.41, 5.74) is 2.65. The van der Waals surface area contributed by atoms with Gasteiger partial charge in [0.2, 0.25) is 0 Å². The van der Waals surface area contributed by atoms with Crippen molar-refractivity contribution in [2.75, 3.05) is 14.2 Å². The normalized spacial score (nSPS) is 10.0. The van der Waals surface area contributed by atoms with Gasteiger partial charge in [0.15, 0.2) is 11.5 Å². The lowest BCUT2D eigenvalue weighted by Crippen LogP contribution is -1.90. The summed E-state index contributed by atoms with van der Waals surface area (Å²) < 4.78 is 10.5. The summed E-state index contributed by atoms with van der Waals surface area (Å²) in [4.78, 5) is 7.32. The van der Waals surface area contributed by atoms with Crippen LogP contribution in [0.15, 0.2) is 42.7 Å². The van der Waals surface area contributed by atoms with E-state index in [9.17, 15) is 0 Å². The Hall–Kier alpha value is -2.93. The molecule has 1 aromatic carbocycles. The third-order valence-electron chi connectivity index (χ3n) is 3.19. The molecular formula is C17H14N2O2. The van der Waals surface area contributed by atoms with Crippen LogP contribution >= 0.6 is 0 Å². The molecule has 0 saturated heterocycles. The first-order valence-electron chi connectivity index (χ1n) is 6.48. The lowest BCUT2D eigenvalue weighted by molar-refractivity contribution is 0.355. The van der Waals surface area contributed by atoms with E-state index in [1.54, 1.807) is 20.4 Å². The van der Waals surface area contributed by atoms with Crippen LogP contribution in [0.25, 0.3) is 11.0 Å². The zero-order valence-corrected chi connectivity index (χ0v) is 11.8. The summed E-state index contributed by atoms with van der Waals surface area (Å²) in [5, 5.41) is 1.02. The second kappa shape index (κ2) is 5.59. The summed E-state index contributed by atoms with van der Waals surface area (Å²) in [6, 6.07) is 9.50. The van der Waals surface area contributed by atoms with E-state index in [4.69, 9.17) is 9.47 Å². The third-order valence-corrected chi connectivity index (χ3v) is 3.19. The molecule has 104 valence electrons. The van der Waals surface area contributed by atoms with Gasteiger partial charge in [-0.1, -0.05) is 11.8 Å². The van der Waals surface area contributed by atoms with Crippen molar-refractivity contribution >= 4 is 11.0 Å². The molecular weight excluding hydrogens is 264 g/mol. The minimum absolute atomic E-state index is 0.672. The van der Waals surface area contributed by atoms with Gasteiger partial charge < -0.3 is 14.5 Å². The fraction of sp³-hybridized carbons (Fsp3) is 0.118. The summed E-state index contributed by atoms with van der Waals surface area (Å²) in [6.07, 6.45) is 3.61. The molecule has 0 unspecified atom stereocenters. The van der Waals surface area contributed by atoms with Crippen LogP contribution in [0.2, 0.25) is 0 Å². The number of aromatic amines is 1. The number of hydrogen-bond donors (Lipinski definition) is 1. The van der Waals surface area contributed by atoms with Gasteiger partial charge in [0.05, 0.1) is 14.2 Å². The topological polar surface area (TPSA) is 47.1 Å². The van der Waals surface area contributed by atoms with E-state index >= 15 is 0 Å². The van der Waals surface area contributed by atoms with E-state index in [2.05, 4.69) is 21.8 Å². The van der Waals surface area contributed by atoms with Crippen molar-refractivity contribution in [1.82, 2.24) is 9.97 Å². The van der Waals surface area contributed by atoms with Crippen molar-refractivity contribution in [3.8, 4) is 23.3 Å². The molecule has 0 amide bonds. The highest BCUT2D eigenvalue weighted by Gasteiger charge is 2.03. The molecule has 0 aliphatic heterocycles. The molecule has 4 nitrogen and oxygen atoms in total. The molecule has 0 spiro atoms. The molecule has 0 fully saturated rings. The Morgan fingerprint density at radius 1 is 1.00 bits per heavy atom. The van der Waals surface area contributed by atoms with Crippen molar-refractivity contribution in [1.29, 1.82) is 0 Å². The molecule has 21 heavy (non-hydrogen) atoms. The maximum atomic E-state index is 5.28. The van der Waals surface area contributed by atoms with Gasteiger partial charge in [0, 0.05) is 28.9 Å². The summed E-state index contributed by atoms with van der Waals surface area (Å²) in [7, 11) is 3.23. The Morgan fingerprint density at radius 3 is 2.67 bits per heavy atom. The molecule has 0 radical (unpaired) electrons. The Labute approximate surface area is 122 Å². The van der Waals surface area contributed by atoms with Gasteiger partial charge in [-0.2, -0.15) is 0 Å². The maximum Gasteiger partial charge on any atom is 0.161 e. The number of methoxy groups -OCH3 is 2. The van der Waals surface area contributed by atoms with E-state index in [1.165, 1.54) is 0 Å². The highest BCUT2D eigenvalue weighted by molar-refractivity contribution is 5.82. The molecule has 0 bridgehead atoms. The molecule has 0 aliphatic rings. The number of nitrogens with zero attached hydrogens (tertiary/aromatic N) is 1. The van der Waals surface area contributed by atoms with Crippen LogP contribution in [0.1, 0.15) is 11.1 Å². The smallest absolute Gasteiger partial charge is 0.161 e. The Morgan fingerprint density at radius 2 is 1.86 bits per heavy atom. The molecule has 1 N–H and O–H groups in total. The zero-order chi connectivity index (χ0) is 14.7. The Kier molecular flexibility index (Phi) is 3.48. The average Bonchev–Trinajstić information content (AvgIpc) is 3.01. The van der Waals surface area contributed by atoms with Crippen LogP contribution in [0.5, 0.6) is 11.5 Å². The van der Waals surface area contributed by atoms with Gasteiger partial charge in [-0.25, -0.2) is 4.98 Å². The van der Waals surface area contributed by atoms with Gasteiger partial charge in [0.25, 0.3) is 0 Å². The van der Waals surface area contributed by atoms with Gasteiger partial charge in [-0.15, -0.1) is 0 Å². The summed E-state index contributed by atoms with van der Waals surface area (Å²) in [5.74, 6) is 7.68. The van der Waals surface area contributed by atoms with E-state index in [-0.39, 0.29) is 0 Å². The van der Waals surface area contributed by atoms with Crippen LogP contribution in [0, 0.1) is 11.8 Å².